The van der Waals surface area contributed by atoms with Crippen molar-refractivity contribution in [1.29, 1.82) is 0 Å². The van der Waals surface area contributed by atoms with Crippen molar-refractivity contribution in [2.24, 2.45) is 0 Å². The molecule has 0 unspecified atom stereocenters. The molecule has 2 aromatic carbocycles. The monoisotopic (exact) mass is 396 g/mol. The van der Waals surface area contributed by atoms with Crippen LogP contribution in [0.15, 0.2) is 65.4 Å². The summed E-state index contributed by atoms with van der Waals surface area (Å²) in [5.41, 5.74) is 3.37. The van der Waals surface area contributed by atoms with Gasteiger partial charge in [-0.05, 0) is 30.7 Å². The molecule has 3 rings (SSSR count). The fraction of sp³-hybridized carbons (Fsp3) is 0.105. The molecule has 0 spiro atoms. The molecule has 0 bridgehead atoms. The van der Waals surface area contributed by atoms with Crippen molar-refractivity contribution in [3.8, 4) is 0 Å². The zero-order valence-corrected chi connectivity index (χ0v) is 15.2. The van der Waals surface area contributed by atoms with Crippen molar-refractivity contribution in [2.75, 3.05) is 10.6 Å². The molecule has 0 radical (unpaired) electrons. The molecule has 6 heteroatoms. The molecule has 1 aromatic heterocycles. The summed E-state index contributed by atoms with van der Waals surface area (Å²) >= 11 is 3.38. The standard InChI is InChI=1S/C19H17BrN4O/c1-13-5-7-14(8-6-13)11-21-18-10-17(22-12-23-18)19(25)24-16-4-2-3-15(20)9-16/h2-10,12H,11H2,1H3,(H,24,25)(H,21,22,23). The van der Waals surface area contributed by atoms with Crippen molar-refractivity contribution >= 4 is 33.3 Å². The number of carbonyl (C=O) groups is 1. The molecular weight excluding hydrogens is 380 g/mol. The minimum atomic E-state index is -0.279. The maximum absolute atomic E-state index is 12.3. The van der Waals surface area contributed by atoms with Crippen LogP contribution < -0.4 is 10.6 Å². The summed E-state index contributed by atoms with van der Waals surface area (Å²) in [6.45, 7) is 2.68. The van der Waals surface area contributed by atoms with Crippen LogP contribution in [0.2, 0.25) is 0 Å². The number of carbonyl (C=O) groups excluding carboxylic acids is 1. The van der Waals surface area contributed by atoms with Crippen LogP contribution in [-0.2, 0) is 6.54 Å². The third kappa shape index (κ3) is 4.87. The first-order valence-electron chi connectivity index (χ1n) is 7.78. The number of hydrogen-bond acceptors (Lipinski definition) is 4. The maximum Gasteiger partial charge on any atom is 0.274 e. The second kappa shape index (κ2) is 7.90. The maximum atomic E-state index is 12.3. The Kier molecular flexibility index (Phi) is 5.40. The molecule has 1 heterocycles. The van der Waals surface area contributed by atoms with Gasteiger partial charge in [0.15, 0.2) is 0 Å². The van der Waals surface area contributed by atoms with Crippen molar-refractivity contribution in [2.45, 2.75) is 13.5 Å². The lowest BCUT2D eigenvalue weighted by molar-refractivity contribution is 0.102. The van der Waals surface area contributed by atoms with E-state index < -0.39 is 0 Å². The second-order valence-electron chi connectivity index (χ2n) is 5.59. The molecule has 126 valence electrons. The third-order valence-corrected chi connectivity index (χ3v) is 4.07. The zero-order valence-electron chi connectivity index (χ0n) is 13.7. The van der Waals surface area contributed by atoms with E-state index in [1.165, 1.54) is 11.9 Å². The summed E-state index contributed by atoms with van der Waals surface area (Å²) in [7, 11) is 0. The molecule has 0 atom stereocenters. The first kappa shape index (κ1) is 17.1. The van der Waals surface area contributed by atoms with Crippen molar-refractivity contribution in [3.63, 3.8) is 0 Å². The highest BCUT2D eigenvalue weighted by molar-refractivity contribution is 9.10. The predicted molar refractivity (Wildman–Crippen MR) is 103 cm³/mol. The van der Waals surface area contributed by atoms with Gasteiger partial charge in [0, 0.05) is 22.8 Å². The van der Waals surface area contributed by atoms with Crippen molar-refractivity contribution in [3.05, 3.63) is 82.2 Å². The Hall–Kier alpha value is -2.73. The number of rotatable bonds is 5. The molecule has 2 N–H and O–H groups in total. The summed E-state index contributed by atoms with van der Waals surface area (Å²) in [4.78, 5) is 20.6. The van der Waals surface area contributed by atoms with Crippen LogP contribution in [0.1, 0.15) is 21.6 Å². The summed E-state index contributed by atoms with van der Waals surface area (Å²) in [6, 6.07) is 17.3. The van der Waals surface area contributed by atoms with Crippen molar-refractivity contribution in [1.82, 2.24) is 9.97 Å². The lowest BCUT2D eigenvalue weighted by Crippen LogP contribution is -2.14. The van der Waals surface area contributed by atoms with E-state index in [0.29, 0.717) is 23.7 Å². The topological polar surface area (TPSA) is 66.9 Å². The fourth-order valence-electron chi connectivity index (χ4n) is 2.24. The zero-order chi connectivity index (χ0) is 17.6. The van der Waals surface area contributed by atoms with Crippen LogP contribution in [0, 0.1) is 6.92 Å². The van der Waals surface area contributed by atoms with Gasteiger partial charge in [-0.1, -0.05) is 51.8 Å². The lowest BCUT2D eigenvalue weighted by Gasteiger charge is -2.08. The molecule has 5 nitrogen and oxygen atoms in total. The Morgan fingerprint density at radius 2 is 1.88 bits per heavy atom. The summed E-state index contributed by atoms with van der Waals surface area (Å²) in [6.07, 6.45) is 1.38. The van der Waals surface area contributed by atoms with Gasteiger partial charge in [-0.3, -0.25) is 4.79 Å². The van der Waals surface area contributed by atoms with E-state index in [1.54, 1.807) is 6.07 Å². The average molecular weight is 397 g/mol. The second-order valence-corrected chi connectivity index (χ2v) is 6.51. The number of benzene rings is 2. The largest absolute Gasteiger partial charge is 0.366 e. The first-order chi connectivity index (χ1) is 12.1. The Labute approximate surface area is 154 Å². The van der Waals surface area contributed by atoms with Crippen molar-refractivity contribution < 1.29 is 4.79 Å². The Morgan fingerprint density at radius 1 is 1.08 bits per heavy atom. The van der Waals surface area contributed by atoms with Crippen LogP contribution in [0.25, 0.3) is 0 Å². The summed E-state index contributed by atoms with van der Waals surface area (Å²) in [5, 5.41) is 6.03. The first-order valence-corrected chi connectivity index (χ1v) is 8.58. The molecule has 1 amide bonds. The van der Waals surface area contributed by atoms with E-state index in [1.807, 2.05) is 24.3 Å². The highest BCUT2D eigenvalue weighted by Gasteiger charge is 2.09. The van der Waals surface area contributed by atoms with Crippen LogP contribution in [0.5, 0.6) is 0 Å². The van der Waals surface area contributed by atoms with E-state index in [9.17, 15) is 4.79 Å². The number of aromatic nitrogens is 2. The minimum Gasteiger partial charge on any atom is -0.366 e. The van der Waals surface area contributed by atoms with Gasteiger partial charge >= 0.3 is 0 Å². The van der Waals surface area contributed by atoms with E-state index in [0.717, 1.165) is 10.0 Å². The number of halogens is 1. The third-order valence-electron chi connectivity index (χ3n) is 3.58. The van der Waals surface area contributed by atoms with E-state index in [2.05, 4.69) is 67.7 Å². The number of nitrogens with zero attached hydrogens (tertiary/aromatic N) is 2. The number of amides is 1. The molecule has 0 aliphatic rings. The van der Waals surface area contributed by atoms with Crippen LogP contribution >= 0.6 is 15.9 Å². The van der Waals surface area contributed by atoms with E-state index >= 15 is 0 Å². The molecular formula is C19H17BrN4O. The molecule has 0 aliphatic heterocycles. The van der Waals surface area contributed by atoms with Gasteiger partial charge < -0.3 is 10.6 Å². The average Bonchev–Trinajstić information content (AvgIpc) is 2.61. The Bertz CT molecular complexity index is 881. The van der Waals surface area contributed by atoms with Crippen LogP contribution in [-0.4, -0.2) is 15.9 Å². The number of anilines is 2. The van der Waals surface area contributed by atoms with Crippen LogP contribution in [0.4, 0.5) is 11.5 Å². The summed E-state index contributed by atoms with van der Waals surface area (Å²) < 4.78 is 0.897. The van der Waals surface area contributed by atoms with Crippen LogP contribution in [0.3, 0.4) is 0 Å². The molecule has 0 aliphatic carbocycles. The van der Waals surface area contributed by atoms with Gasteiger partial charge in [0.05, 0.1) is 0 Å². The Morgan fingerprint density at radius 3 is 2.64 bits per heavy atom. The number of hydrogen-bond donors (Lipinski definition) is 2. The van der Waals surface area contributed by atoms with Gasteiger partial charge in [0.1, 0.15) is 17.8 Å². The number of nitrogens with one attached hydrogen (secondary N) is 2. The van der Waals surface area contributed by atoms with Gasteiger partial charge in [0.2, 0.25) is 0 Å². The van der Waals surface area contributed by atoms with E-state index in [4.69, 9.17) is 0 Å². The van der Waals surface area contributed by atoms with E-state index in [-0.39, 0.29) is 5.91 Å². The molecule has 25 heavy (non-hydrogen) atoms. The minimum absolute atomic E-state index is 0.279. The smallest absolute Gasteiger partial charge is 0.274 e. The molecule has 0 saturated heterocycles. The van der Waals surface area contributed by atoms with Gasteiger partial charge in [-0.25, -0.2) is 9.97 Å². The Balaban J connectivity index is 1.66. The highest BCUT2D eigenvalue weighted by Crippen LogP contribution is 2.16. The molecule has 3 aromatic rings. The number of aryl methyl sites for hydroxylation is 1. The normalized spacial score (nSPS) is 10.3. The quantitative estimate of drug-likeness (QED) is 0.669. The van der Waals surface area contributed by atoms with Gasteiger partial charge in [0.25, 0.3) is 5.91 Å². The molecule has 0 fully saturated rings. The summed E-state index contributed by atoms with van der Waals surface area (Å²) in [5.74, 6) is 0.328. The SMILES string of the molecule is Cc1ccc(CNc2cc(C(=O)Nc3cccc(Br)c3)ncn2)cc1. The molecule has 0 saturated carbocycles. The van der Waals surface area contributed by atoms with Gasteiger partial charge in [-0.2, -0.15) is 0 Å². The predicted octanol–water partition coefficient (Wildman–Crippen LogP) is 4.41. The fourth-order valence-corrected chi connectivity index (χ4v) is 2.64. The highest BCUT2D eigenvalue weighted by atomic mass is 79.9. The van der Waals surface area contributed by atoms with Gasteiger partial charge in [-0.15, -0.1) is 0 Å². The lowest BCUT2D eigenvalue weighted by atomic mass is 10.1.